The highest BCUT2D eigenvalue weighted by Gasteiger charge is 2.28. The Balaban J connectivity index is 1.82. The first-order chi connectivity index (χ1) is 13.9. The second-order valence-electron chi connectivity index (χ2n) is 7.91. The second-order valence-corrected chi connectivity index (χ2v) is 7.91. The first-order valence-corrected chi connectivity index (χ1v) is 10.1. The van der Waals surface area contributed by atoms with E-state index in [4.69, 9.17) is 0 Å². The number of hydrogen-bond donors (Lipinski definition) is 2. The van der Waals surface area contributed by atoms with Crippen LogP contribution in [0.4, 0.5) is 11.4 Å². The zero-order chi connectivity index (χ0) is 21.0. The molecule has 1 heterocycles. The summed E-state index contributed by atoms with van der Waals surface area (Å²) >= 11 is 0. The van der Waals surface area contributed by atoms with Crippen LogP contribution in [0.15, 0.2) is 48.5 Å². The molecule has 0 aliphatic carbocycles. The molecule has 2 amide bonds. The van der Waals surface area contributed by atoms with Crippen LogP contribution in [0.3, 0.4) is 0 Å². The standard InChI is InChI=1S/C23H30N4O2/c1-16(2)25-23(29)22(28)24-15-21(18-9-11-19(12-10-18)26(3)4)27-14-13-17-7-5-6-8-20(17)27/h5-12,16,21H,13-15H2,1-4H3,(H,24,28)(H,25,29)/t21-/m0/s1. The van der Waals surface area contributed by atoms with Crippen LogP contribution >= 0.6 is 0 Å². The average molecular weight is 395 g/mol. The maximum Gasteiger partial charge on any atom is 0.309 e. The molecule has 3 rings (SSSR count). The molecule has 6 heteroatoms. The molecular formula is C23H30N4O2. The second kappa shape index (κ2) is 8.99. The summed E-state index contributed by atoms with van der Waals surface area (Å²) in [7, 11) is 4.02. The van der Waals surface area contributed by atoms with Gasteiger partial charge >= 0.3 is 11.8 Å². The molecule has 2 aromatic carbocycles. The highest BCUT2D eigenvalue weighted by molar-refractivity contribution is 6.35. The number of nitrogens with zero attached hydrogens (tertiary/aromatic N) is 2. The lowest BCUT2D eigenvalue weighted by atomic mass is 10.0. The monoisotopic (exact) mass is 394 g/mol. The summed E-state index contributed by atoms with van der Waals surface area (Å²) in [5.74, 6) is -1.19. The quantitative estimate of drug-likeness (QED) is 0.739. The first kappa shape index (κ1) is 20.7. The number of rotatable bonds is 6. The fourth-order valence-electron chi connectivity index (χ4n) is 3.69. The SMILES string of the molecule is CC(C)NC(=O)C(=O)NC[C@@H](c1ccc(N(C)C)cc1)N1CCc2ccccc21. The van der Waals surface area contributed by atoms with Gasteiger partial charge in [-0.15, -0.1) is 0 Å². The topological polar surface area (TPSA) is 64.7 Å². The molecule has 29 heavy (non-hydrogen) atoms. The number of carbonyl (C=O) groups is 2. The minimum Gasteiger partial charge on any atom is -0.378 e. The molecule has 0 spiro atoms. The Kier molecular flexibility index (Phi) is 6.42. The third-order valence-electron chi connectivity index (χ3n) is 5.18. The van der Waals surface area contributed by atoms with Gasteiger partial charge in [0.25, 0.3) is 0 Å². The van der Waals surface area contributed by atoms with Gasteiger partial charge in [-0.25, -0.2) is 0 Å². The van der Waals surface area contributed by atoms with Crippen LogP contribution in [0, 0.1) is 0 Å². The van der Waals surface area contributed by atoms with Crippen LogP contribution in [0.1, 0.15) is 31.0 Å². The van der Waals surface area contributed by atoms with Gasteiger partial charge in [-0.2, -0.15) is 0 Å². The van der Waals surface area contributed by atoms with E-state index >= 15 is 0 Å². The average Bonchev–Trinajstić information content (AvgIpc) is 3.12. The van der Waals surface area contributed by atoms with Crippen molar-refractivity contribution in [2.75, 3.05) is 37.0 Å². The van der Waals surface area contributed by atoms with Crippen molar-refractivity contribution in [1.29, 1.82) is 0 Å². The zero-order valence-electron chi connectivity index (χ0n) is 17.6. The molecule has 0 aromatic heterocycles. The number of hydrogen-bond acceptors (Lipinski definition) is 4. The van der Waals surface area contributed by atoms with Crippen LogP contribution in [-0.2, 0) is 16.0 Å². The highest BCUT2D eigenvalue weighted by Crippen LogP contribution is 2.35. The maximum atomic E-state index is 12.3. The third-order valence-corrected chi connectivity index (χ3v) is 5.18. The van der Waals surface area contributed by atoms with Crippen molar-refractivity contribution in [3.63, 3.8) is 0 Å². The summed E-state index contributed by atoms with van der Waals surface area (Å²) in [6.45, 7) is 4.91. The molecule has 0 radical (unpaired) electrons. The van der Waals surface area contributed by atoms with Crippen LogP contribution in [0.2, 0.25) is 0 Å². The Bertz CT molecular complexity index is 861. The smallest absolute Gasteiger partial charge is 0.309 e. The van der Waals surface area contributed by atoms with Gasteiger partial charge in [-0.1, -0.05) is 30.3 Å². The normalized spacial score (nSPS) is 13.8. The van der Waals surface area contributed by atoms with E-state index in [1.54, 1.807) is 0 Å². The minimum absolute atomic E-state index is 0.0503. The van der Waals surface area contributed by atoms with E-state index in [0.29, 0.717) is 6.54 Å². The number of nitrogens with one attached hydrogen (secondary N) is 2. The Morgan fingerprint density at radius 2 is 1.72 bits per heavy atom. The van der Waals surface area contributed by atoms with Crippen LogP contribution < -0.4 is 20.4 Å². The number of amides is 2. The van der Waals surface area contributed by atoms with Gasteiger partial charge < -0.3 is 20.4 Å². The van der Waals surface area contributed by atoms with Gasteiger partial charge in [0.2, 0.25) is 0 Å². The van der Waals surface area contributed by atoms with E-state index in [1.165, 1.54) is 11.3 Å². The van der Waals surface area contributed by atoms with Gasteiger partial charge in [-0.05, 0) is 49.6 Å². The Morgan fingerprint density at radius 1 is 1.03 bits per heavy atom. The molecule has 1 atom stereocenters. The van der Waals surface area contributed by atoms with Crippen LogP contribution in [0.25, 0.3) is 0 Å². The fourth-order valence-corrected chi connectivity index (χ4v) is 3.69. The molecule has 154 valence electrons. The van der Waals surface area contributed by atoms with Crippen molar-refractivity contribution in [2.45, 2.75) is 32.4 Å². The zero-order valence-corrected chi connectivity index (χ0v) is 17.6. The van der Waals surface area contributed by atoms with E-state index in [1.807, 2.05) is 34.0 Å². The lowest BCUT2D eigenvalue weighted by Gasteiger charge is -2.31. The number of para-hydroxylation sites is 1. The van der Waals surface area contributed by atoms with Gasteiger partial charge in [0.05, 0.1) is 6.04 Å². The third kappa shape index (κ3) is 4.88. The molecule has 0 fully saturated rings. The number of anilines is 2. The number of benzene rings is 2. The predicted molar refractivity (Wildman–Crippen MR) is 117 cm³/mol. The van der Waals surface area contributed by atoms with Crippen LogP contribution in [0.5, 0.6) is 0 Å². The molecule has 0 bridgehead atoms. The van der Waals surface area contributed by atoms with E-state index in [2.05, 4.69) is 62.9 Å². The molecule has 0 saturated carbocycles. The van der Waals surface area contributed by atoms with E-state index in [9.17, 15) is 9.59 Å². The molecule has 6 nitrogen and oxygen atoms in total. The largest absolute Gasteiger partial charge is 0.378 e. The van der Waals surface area contributed by atoms with Gasteiger partial charge in [0.1, 0.15) is 0 Å². The van der Waals surface area contributed by atoms with Gasteiger partial charge in [0, 0.05) is 44.6 Å². The fraction of sp³-hybridized carbons (Fsp3) is 0.391. The molecule has 1 aliphatic heterocycles. The lowest BCUT2D eigenvalue weighted by molar-refractivity contribution is -0.139. The summed E-state index contributed by atoms with van der Waals surface area (Å²) < 4.78 is 0. The molecular weight excluding hydrogens is 364 g/mol. The molecule has 0 unspecified atom stereocenters. The molecule has 0 saturated heterocycles. The molecule has 1 aliphatic rings. The van der Waals surface area contributed by atoms with Crippen molar-refractivity contribution < 1.29 is 9.59 Å². The maximum absolute atomic E-state index is 12.3. The first-order valence-electron chi connectivity index (χ1n) is 10.1. The lowest BCUT2D eigenvalue weighted by Crippen LogP contribution is -2.45. The molecule has 2 aromatic rings. The van der Waals surface area contributed by atoms with Gasteiger partial charge in [0.15, 0.2) is 0 Å². The number of fused-ring (bicyclic) bond motifs is 1. The van der Waals surface area contributed by atoms with Crippen LogP contribution in [-0.4, -0.2) is 45.0 Å². The number of carbonyl (C=O) groups excluding carboxylic acids is 2. The summed E-state index contributed by atoms with van der Waals surface area (Å²) in [4.78, 5) is 28.6. The van der Waals surface area contributed by atoms with Crippen molar-refractivity contribution >= 4 is 23.2 Å². The van der Waals surface area contributed by atoms with Crippen molar-refractivity contribution in [3.05, 3.63) is 59.7 Å². The predicted octanol–water partition coefficient (Wildman–Crippen LogP) is 2.50. The van der Waals surface area contributed by atoms with Gasteiger partial charge in [-0.3, -0.25) is 9.59 Å². The Morgan fingerprint density at radius 3 is 2.38 bits per heavy atom. The van der Waals surface area contributed by atoms with E-state index in [0.717, 1.165) is 24.2 Å². The van der Waals surface area contributed by atoms with Crippen molar-refractivity contribution in [2.24, 2.45) is 0 Å². The molecule has 2 N–H and O–H groups in total. The van der Waals surface area contributed by atoms with Crippen molar-refractivity contribution in [3.8, 4) is 0 Å². The van der Waals surface area contributed by atoms with E-state index in [-0.39, 0.29) is 12.1 Å². The summed E-state index contributed by atoms with van der Waals surface area (Å²) in [5.41, 5.74) is 4.73. The van der Waals surface area contributed by atoms with E-state index < -0.39 is 11.8 Å². The summed E-state index contributed by atoms with van der Waals surface area (Å²) in [5, 5.41) is 5.47. The Labute approximate surface area is 172 Å². The summed E-state index contributed by atoms with van der Waals surface area (Å²) in [6, 6.07) is 16.6. The van der Waals surface area contributed by atoms with Crippen molar-refractivity contribution in [1.82, 2.24) is 10.6 Å². The minimum atomic E-state index is -0.596. The Hall–Kier alpha value is -3.02. The summed E-state index contributed by atoms with van der Waals surface area (Å²) in [6.07, 6.45) is 0.976. The highest BCUT2D eigenvalue weighted by atomic mass is 16.2.